The molecule has 30 heavy (non-hydrogen) atoms. The molecule has 0 aromatic heterocycles. The number of rotatable bonds is 7. The Bertz CT molecular complexity index is 1020. The third kappa shape index (κ3) is 5.06. The van der Waals surface area contributed by atoms with Crippen LogP contribution in [0, 0.1) is 0 Å². The van der Waals surface area contributed by atoms with E-state index in [1.165, 1.54) is 0 Å². The van der Waals surface area contributed by atoms with Crippen LogP contribution in [0.4, 0.5) is 0 Å². The van der Waals surface area contributed by atoms with E-state index in [0.717, 1.165) is 16.8 Å². The van der Waals surface area contributed by atoms with Crippen LogP contribution >= 0.6 is 35.4 Å². The van der Waals surface area contributed by atoms with E-state index in [1.54, 1.807) is 19.1 Å². The molecule has 0 aliphatic carbocycles. The maximum atomic E-state index is 12.2. The number of hydrogen-bond donors (Lipinski definition) is 2. The van der Waals surface area contributed by atoms with Crippen LogP contribution in [-0.2, 0) is 11.4 Å². The highest BCUT2D eigenvalue weighted by Gasteiger charge is 2.28. The third-order valence-corrected chi connectivity index (χ3v) is 5.45. The first-order valence-corrected chi connectivity index (χ1v) is 10.6. The first kappa shape index (κ1) is 22.4. The van der Waals surface area contributed by atoms with Gasteiger partial charge in [-0.25, -0.2) is 0 Å². The van der Waals surface area contributed by atoms with Gasteiger partial charge in [0.05, 0.1) is 12.6 Å². The molecule has 0 saturated carbocycles. The summed E-state index contributed by atoms with van der Waals surface area (Å²) < 4.78 is 11.8. The Labute approximate surface area is 191 Å². The average molecular weight is 465 g/mol. The van der Waals surface area contributed by atoms with Crippen molar-refractivity contribution in [3.05, 3.63) is 68.8 Å². The van der Waals surface area contributed by atoms with Crippen molar-refractivity contribution in [3.63, 3.8) is 0 Å². The summed E-state index contributed by atoms with van der Waals surface area (Å²) in [4.78, 5) is 12.2. The van der Waals surface area contributed by atoms with Crippen molar-refractivity contribution >= 4 is 46.3 Å². The third-order valence-electron chi connectivity index (χ3n) is 4.65. The molecule has 0 bridgehead atoms. The summed E-state index contributed by atoms with van der Waals surface area (Å²) in [5, 5.41) is 7.76. The summed E-state index contributed by atoms with van der Waals surface area (Å²) in [7, 11) is 0. The molecule has 158 valence electrons. The number of Topliss-reactive ketones (excluding diaryl/α,β-unsaturated/α-hetero) is 1. The van der Waals surface area contributed by atoms with E-state index in [0.29, 0.717) is 38.8 Å². The van der Waals surface area contributed by atoms with Gasteiger partial charge in [-0.2, -0.15) is 0 Å². The molecular weight excluding hydrogens is 443 g/mol. The van der Waals surface area contributed by atoms with Gasteiger partial charge in [-0.3, -0.25) is 4.79 Å². The van der Waals surface area contributed by atoms with Gasteiger partial charge in [-0.1, -0.05) is 35.3 Å². The molecule has 0 fully saturated rings. The predicted octanol–water partition coefficient (Wildman–Crippen LogP) is 5.35. The van der Waals surface area contributed by atoms with Crippen LogP contribution in [0.5, 0.6) is 11.5 Å². The van der Waals surface area contributed by atoms with Crippen LogP contribution in [0.25, 0.3) is 0 Å². The van der Waals surface area contributed by atoms with E-state index < -0.39 is 0 Å². The molecular formula is C22H22Cl2N2O3S. The average Bonchev–Trinajstić information content (AvgIpc) is 2.67. The summed E-state index contributed by atoms with van der Waals surface area (Å²) >= 11 is 17.5. The van der Waals surface area contributed by atoms with Gasteiger partial charge in [-0.15, -0.1) is 0 Å². The molecule has 1 atom stereocenters. The maximum Gasteiger partial charge on any atom is 0.171 e. The minimum atomic E-state index is -0.366. The Morgan fingerprint density at radius 2 is 1.90 bits per heavy atom. The van der Waals surface area contributed by atoms with Crippen LogP contribution in [0.15, 0.2) is 47.7 Å². The second-order valence-corrected chi connectivity index (χ2v) is 8.04. The first-order chi connectivity index (χ1) is 14.3. The molecule has 5 nitrogen and oxygen atoms in total. The summed E-state index contributed by atoms with van der Waals surface area (Å²) in [6.45, 7) is 6.01. The van der Waals surface area contributed by atoms with Gasteiger partial charge < -0.3 is 20.1 Å². The number of benzene rings is 2. The highest BCUT2D eigenvalue weighted by Crippen LogP contribution is 2.35. The largest absolute Gasteiger partial charge is 0.490 e. The Morgan fingerprint density at radius 1 is 1.13 bits per heavy atom. The summed E-state index contributed by atoms with van der Waals surface area (Å²) in [6.07, 6.45) is 0. The molecule has 1 aliphatic heterocycles. The smallest absolute Gasteiger partial charge is 0.171 e. The van der Waals surface area contributed by atoms with Gasteiger partial charge in [0.15, 0.2) is 22.4 Å². The second-order valence-electron chi connectivity index (χ2n) is 6.79. The number of nitrogens with one attached hydrogen (secondary N) is 2. The summed E-state index contributed by atoms with van der Waals surface area (Å²) in [5.74, 6) is 1.12. The van der Waals surface area contributed by atoms with Crippen LogP contribution < -0.4 is 20.1 Å². The zero-order valence-corrected chi connectivity index (χ0v) is 19.2. The van der Waals surface area contributed by atoms with Gasteiger partial charge in [-0.05, 0) is 62.8 Å². The molecule has 8 heteroatoms. The number of hydrogen-bond acceptors (Lipinski definition) is 4. The van der Waals surface area contributed by atoms with Crippen molar-refractivity contribution in [1.82, 2.24) is 10.6 Å². The lowest BCUT2D eigenvalue weighted by Gasteiger charge is -2.30. The fourth-order valence-corrected chi connectivity index (χ4v) is 4.03. The molecule has 1 heterocycles. The van der Waals surface area contributed by atoms with Crippen LogP contribution in [0.1, 0.15) is 37.9 Å². The highest BCUT2D eigenvalue weighted by molar-refractivity contribution is 7.80. The maximum absolute atomic E-state index is 12.2. The van der Waals surface area contributed by atoms with Crippen LogP contribution in [0.3, 0.4) is 0 Å². The van der Waals surface area contributed by atoms with E-state index in [4.69, 9.17) is 44.9 Å². The predicted molar refractivity (Wildman–Crippen MR) is 123 cm³/mol. The lowest BCUT2D eigenvalue weighted by atomic mass is 9.93. The molecule has 2 aromatic rings. The molecule has 3 rings (SSSR count). The number of halogens is 2. The standard InChI is InChI=1S/C22H22Cl2N2O3S/c1-4-28-19-9-14(21-20(13(3)27)12(2)25-22(30)26-21)6-8-18(19)29-11-15-5-7-16(23)10-17(15)24/h5-10,21H,4,11H2,1-3H3,(H2,25,26,30)/t21-/m1/s1. The molecule has 0 radical (unpaired) electrons. The zero-order chi connectivity index (χ0) is 21.8. The van der Waals surface area contributed by atoms with E-state index >= 15 is 0 Å². The number of carbonyl (C=O) groups excluding carboxylic acids is 1. The van der Waals surface area contributed by atoms with E-state index in [9.17, 15) is 4.79 Å². The topological polar surface area (TPSA) is 59.6 Å². The van der Waals surface area contributed by atoms with E-state index in [1.807, 2.05) is 38.1 Å². The number of allylic oxidation sites excluding steroid dienone is 1. The lowest BCUT2D eigenvalue weighted by Crippen LogP contribution is -2.44. The molecule has 1 aliphatic rings. The van der Waals surface area contributed by atoms with Crippen molar-refractivity contribution in [3.8, 4) is 11.5 Å². The fourth-order valence-electron chi connectivity index (χ4n) is 3.30. The fraction of sp³-hybridized carbons (Fsp3) is 0.273. The van der Waals surface area contributed by atoms with E-state index in [-0.39, 0.29) is 18.4 Å². The summed E-state index contributed by atoms with van der Waals surface area (Å²) in [6, 6.07) is 10.5. The zero-order valence-electron chi connectivity index (χ0n) is 16.8. The first-order valence-electron chi connectivity index (χ1n) is 9.42. The van der Waals surface area contributed by atoms with Crippen LogP contribution in [0.2, 0.25) is 10.0 Å². The molecule has 2 aromatic carbocycles. The Kier molecular flexibility index (Phi) is 7.23. The van der Waals surface area contributed by atoms with Crippen molar-refractivity contribution in [2.45, 2.75) is 33.4 Å². The molecule has 0 saturated heterocycles. The van der Waals surface area contributed by atoms with Crippen molar-refractivity contribution < 1.29 is 14.3 Å². The van der Waals surface area contributed by atoms with Crippen molar-refractivity contribution in [1.29, 1.82) is 0 Å². The van der Waals surface area contributed by atoms with Gasteiger partial charge in [0.25, 0.3) is 0 Å². The summed E-state index contributed by atoms with van der Waals surface area (Å²) in [5.41, 5.74) is 3.04. The number of ether oxygens (including phenoxy) is 2. The Hall–Kier alpha value is -2.28. The molecule has 0 amide bonds. The molecule has 0 spiro atoms. The Balaban J connectivity index is 1.90. The SMILES string of the molecule is CCOc1cc([C@H]2NC(=S)NC(C)=C2C(C)=O)ccc1OCc1ccc(Cl)cc1Cl. The van der Waals surface area contributed by atoms with Crippen molar-refractivity contribution in [2.75, 3.05) is 6.61 Å². The second kappa shape index (κ2) is 9.69. The molecule has 0 unspecified atom stereocenters. The lowest BCUT2D eigenvalue weighted by molar-refractivity contribution is -0.114. The normalized spacial score (nSPS) is 16.0. The number of ketones is 1. The molecule has 2 N–H and O–H groups in total. The highest BCUT2D eigenvalue weighted by atomic mass is 35.5. The Morgan fingerprint density at radius 3 is 2.57 bits per heavy atom. The van der Waals surface area contributed by atoms with Gasteiger partial charge in [0.1, 0.15) is 6.61 Å². The van der Waals surface area contributed by atoms with Gasteiger partial charge >= 0.3 is 0 Å². The van der Waals surface area contributed by atoms with Crippen LogP contribution in [-0.4, -0.2) is 17.5 Å². The van der Waals surface area contributed by atoms with Crippen molar-refractivity contribution in [2.24, 2.45) is 0 Å². The minimum absolute atomic E-state index is 0.0318. The number of carbonyl (C=O) groups is 1. The number of thiocarbonyl (C=S) groups is 1. The van der Waals surface area contributed by atoms with Gasteiger partial charge in [0.2, 0.25) is 0 Å². The van der Waals surface area contributed by atoms with E-state index in [2.05, 4.69) is 10.6 Å². The monoisotopic (exact) mass is 464 g/mol. The minimum Gasteiger partial charge on any atom is -0.490 e. The van der Waals surface area contributed by atoms with Gasteiger partial charge in [0, 0.05) is 26.9 Å². The quantitative estimate of drug-likeness (QED) is 0.538.